The Bertz CT molecular complexity index is 601. The molecule has 2 atom stereocenters. The van der Waals surface area contributed by atoms with Crippen LogP contribution in [0.15, 0.2) is 18.2 Å². The van der Waals surface area contributed by atoms with Crippen molar-refractivity contribution in [2.45, 2.75) is 26.2 Å². The van der Waals surface area contributed by atoms with E-state index in [-0.39, 0.29) is 11.8 Å². The van der Waals surface area contributed by atoms with Crippen molar-refractivity contribution in [3.05, 3.63) is 23.8 Å². The van der Waals surface area contributed by atoms with Crippen LogP contribution in [0, 0.1) is 11.8 Å². The molecule has 0 spiro atoms. The summed E-state index contributed by atoms with van der Waals surface area (Å²) in [4.78, 5) is 25.4. The minimum Gasteiger partial charge on any atom is -0.497 e. The lowest BCUT2D eigenvalue weighted by molar-refractivity contribution is -0.146. The van der Waals surface area contributed by atoms with Crippen molar-refractivity contribution in [3.63, 3.8) is 0 Å². The zero-order valence-electron chi connectivity index (χ0n) is 14.4. The van der Waals surface area contributed by atoms with Crippen molar-refractivity contribution in [1.29, 1.82) is 0 Å². The fourth-order valence-corrected chi connectivity index (χ4v) is 3.21. The molecule has 6 nitrogen and oxygen atoms in total. The maximum Gasteiger partial charge on any atom is 0.308 e. The van der Waals surface area contributed by atoms with Crippen LogP contribution in [-0.2, 0) is 16.0 Å². The third-order valence-corrected chi connectivity index (χ3v) is 4.46. The minimum absolute atomic E-state index is 0.0160. The van der Waals surface area contributed by atoms with Crippen LogP contribution in [0.2, 0.25) is 0 Å². The van der Waals surface area contributed by atoms with Gasteiger partial charge >= 0.3 is 5.97 Å². The molecular weight excluding hydrogens is 310 g/mol. The van der Waals surface area contributed by atoms with Gasteiger partial charge in [-0.25, -0.2) is 0 Å². The van der Waals surface area contributed by atoms with E-state index in [9.17, 15) is 14.7 Å². The highest BCUT2D eigenvalue weighted by atomic mass is 16.5. The van der Waals surface area contributed by atoms with Crippen LogP contribution >= 0.6 is 0 Å². The number of carbonyl (C=O) groups is 2. The molecule has 1 fully saturated rings. The SMILES string of the molecule is COc1ccc(OC)c(CCC(=O)N2CC(C)CC(C(=O)O)C2)c1. The Morgan fingerprint density at radius 1 is 1.25 bits per heavy atom. The summed E-state index contributed by atoms with van der Waals surface area (Å²) >= 11 is 0. The molecule has 1 amide bonds. The van der Waals surface area contributed by atoms with E-state index in [4.69, 9.17) is 9.47 Å². The standard InChI is InChI=1S/C18H25NO5/c1-12-8-14(18(21)22)11-19(10-12)17(20)7-4-13-9-15(23-2)5-6-16(13)24-3/h5-6,9,12,14H,4,7-8,10-11H2,1-3H3,(H,21,22). The molecule has 1 aromatic carbocycles. The molecule has 1 aliphatic rings. The van der Waals surface area contributed by atoms with Crippen molar-refractivity contribution in [2.24, 2.45) is 11.8 Å². The first-order chi connectivity index (χ1) is 11.4. The van der Waals surface area contributed by atoms with Crippen LogP contribution < -0.4 is 9.47 Å². The molecule has 0 aromatic heterocycles. The highest BCUT2D eigenvalue weighted by molar-refractivity contribution is 5.78. The number of hydrogen-bond donors (Lipinski definition) is 1. The van der Waals surface area contributed by atoms with Crippen LogP contribution in [0.1, 0.15) is 25.3 Å². The molecule has 1 aromatic rings. The van der Waals surface area contributed by atoms with E-state index in [1.54, 1.807) is 19.1 Å². The summed E-state index contributed by atoms with van der Waals surface area (Å²) in [6, 6.07) is 5.50. The molecule has 2 rings (SSSR count). The number of hydrogen-bond acceptors (Lipinski definition) is 4. The van der Waals surface area contributed by atoms with E-state index in [1.165, 1.54) is 0 Å². The first-order valence-corrected chi connectivity index (χ1v) is 8.16. The fraction of sp³-hybridized carbons (Fsp3) is 0.556. The summed E-state index contributed by atoms with van der Waals surface area (Å²) in [5.41, 5.74) is 0.907. The van der Waals surface area contributed by atoms with Gasteiger partial charge in [-0.1, -0.05) is 6.92 Å². The van der Waals surface area contributed by atoms with Crippen molar-refractivity contribution < 1.29 is 24.2 Å². The van der Waals surface area contributed by atoms with Gasteiger partial charge < -0.3 is 19.5 Å². The van der Waals surface area contributed by atoms with Crippen molar-refractivity contribution in [1.82, 2.24) is 4.90 Å². The van der Waals surface area contributed by atoms with Gasteiger partial charge in [-0.3, -0.25) is 9.59 Å². The van der Waals surface area contributed by atoms with Crippen molar-refractivity contribution >= 4 is 11.9 Å². The van der Waals surface area contributed by atoms with Gasteiger partial charge in [-0.15, -0.1) is 0 Å². The molecule has 1 heterocycles. The van der Waals surface area contributed by atoms with Gasteiger partial charge in [0.25, 0.3) is 0 Å². The molecule has 0 bridgehead atoms. The number of benzene rings is 1. The van der Waals surface area contributed by atoms with E-state index in [1.807, 2.05) is 25.1 Å². The van der Waals surface area contributed by atoms with E-state index in [2.05, 4.69) is 0 Å². The van der Waals surface area contributed by atoms with Crippen LogP contribution in [-0.4, -0.2) is 49.2 Å². The lowest BCUT2D eigenvalue weighted by atomic mass is 9.90. The quantitative estimate of drug-likeness (QED) is 0.862. The second-order valence-electron chi connectivity index (χ2n) is 6.35. The van der Waals surface area contributed by atoms with Gasteiger partial charge in [0.15, 0.2) is 0 Å². The van der Waals surface area contributed by atoms with E-state index in [0.29, 0.717) is 32.4 Å². The molecule has 0 aliphatic carbocycles. The molecule has 0 saturated carbocycles. The lowest BCUT2D eigenvalue weighted by Gasteiger charge is -2.34. The number of rotatable bonds is 6. The van der Waals surface area contributed by atoms with Gasteiger partial charge in [0.1, 0.15) is 11.5 Å². The Morgan fingerprint density at radius 2 is 2.00 bits per heavy atom. The Kier molecular flexibility index (Phi) is 6.06. The highest BCUT2D eigenvalue weighted by Crippen LogP contribution is 2.26. The number of amides is 1. The van der Waals surface area contributed by atoms with Crippen LogP contribution in [0.5, 0.6) is 11.5 Å². The highest BCUT2D eigenvalue weighted by Gasteiger charge is 2.31. The number of ether oxygens (including phenoxy) is 2. The van der Waals surface area contributed by atoms with Crippen molar-refractivity contribution in [3.8, 4) is 11.5 Å². The van der Waals surface area contributed by atoms with E-state index >= 15 is 0 Å². The number of carbonyl (C=O) groups excluding carboxylic acids is 1. The number of nitrogens with zero attached hydrogens (tertiary/aromatic N) is 1. The number of carboxylic acids is 1. The topological polar surface area (TPSA) is 76.1 Å². The first kappa shape index (κ1) is 18.1. The zero-order chi connectivity index (χ0) is 17.7. The average Bonchev–Trinajstić information content (AvgIpc) is 2.58. The summed E-state index contributed by atoms with van der Waals surface area (Å²) in [7, 11) is 3.19. The predicted molar refractivity (Wildman–Crippen MR) is 89.4 cm³/mol. The van der Waals surface area contributed by atoms with Crippen molar-refractivity contribution in [2.75, 3.05) is 27.3 Å². The van der Waals surface area contributed by atoms with Gasteiger partial charge in [0, 0.05) is 19.5 Å². The number of piperidine rings is 1. The minimum atomic E-state index is -0.825. The number of carboxylic acid groups (broad SMARTS) is 1. The fourth-order valence-electron chi connectivity index (χ4n) is 3.21. The number of methoxy groups -OCH3 is 2. The zero-order valence-corrected chi connectivity index (χ0v) is 14.4. The van der Waals surface area contributed by atoms with E-state index in [0.717, 1.165) is 17.1 Å². The monoisotopic (exact) mass is 335 g/mol. The molecule has 0 radical (unpaired) electrons. The summed E-state index contributed by atoms with van der Waals surface area (Å²) in [6.45, 7) is 2.91. The molecule has 6 heteroatoms. The second-order valence-corrected chi connectivity index (χ2v) is 6.35. The van der Waals surface area contributed by atoms with Gasteiger partial charge in [-0.2, -0.15) is 0 Å². The number of aryl methyl sites for hydroxylation is 1. The molecule has 1 saturated heterocycles. The molecule has 1 N–H and O–H groups in total. The summed E-state index contributed by atoms with van der Waals surface area (Å²) in [5.74, 6) is 0.334. The maximum atomic E-state index is 12.5. The normalized spacial score (nSPS) is 20.5. The van der Waals surface area contributed by atoms with Gasteiger partial charge in [-0.05, 0) is 42.5 Å². The summed E-state index contributed by atoms with van der Waals surface area (Å²) in [6.07, 6.45) is 1.48. The third kappa shape index (κ3) is 4.40. The first-order valence-electron chi connectivity index (χ1n) is 8.16. The second kappa shape index (κ2) is 8.04. The Balaban J connectivity index is 2.01. The van der Waals surface area contributed by atoms with Crippen LogP contribution in [0.4, 0.5) is 0 Å². The largest absolute Gasteiger partial charge is 0.497 e. The molecular formula is C18H25NO5. The maximum absolute atomic E-state index is 12.5. The Morgan fingerprint density at radius 3 is 2.62 bits per heavy atom. The average molecular weight is 335 g/mol. The van der Waals surface area contributed by atoms with Crippen LogP contribution in [0.25, 0.3) is 0 Å². The molecule has 24 heavy (non-hydrogen) atoms. The van der Waals surface area contributed by atoms with Gasteiger partial charge in [0.2, 0.25) is 5.91 Å². The lowest BCUT2D eigenvalue weighted by Crippen LogP contribution is -2.45. The number of likely N-dealkylation sites (tertiary alicyclic amines) is 1. The van der Waals surface area contributed by atoms with Crippen LogP contribution in [0.3, 0.4) is 0 Å². The Labute approximate surface area is 142 Å². The third-order valence-electron chi connectivity index (χ3n) is 4.46. The smallest absolute Gasteiger partial charge is 0.308 e. The predicted octanol–water partition coefficient (Wildman–Crippen LogP) is 2.21. The summed E-state index contributed by atoms with van der Waals surface area (Å²) in [5, 5.41) is 9.22. The summed E-state index contributed by atoms with van der Waals surface area (Å²) < 4.78 is 10.5. The van der Waals surface area contributed by atoms with E-state index < -0.39 is 11.9 Å². The molecule has 2 unspecified atom stereocenters. The molecule has 132 valence electrons. The van der Waals surface area contributed by atoms with Gasteiger partial charge in [0.05, 0.1) is 20.1 Å². The Hall–Kier alpha value is -2.24. The number of aliphatic carboxylic acids is 1. The molecule has 1 aliphatic heterocycles.